The molecule has 2 aromatic carbocycles. The molecule has 0 spiro atoms. The molecule has 3 heteroatoms. The van der Waals surface area contributed by atoms with Crippen LogP contribution in [0.15, 0.2) is 72.0 Å². The summed E-state index contributed by atoms with van der Waals surface area (Å²) >= 11 is 0. The van der Waals surface area contributed by atoms with E-state index in [-0.39, 0.29) is 0 Å². The number of anilines is 1. The van der Waals surface area contributed by atoms with Crippen molar-refractivity contribution in [2.45, 2.75) is 0 Å². The third-order valence-electron chi connectivity index (χ3n) is 3.24. The highest BCUT2D eigenvalue weighted by Crippen LogP contribution is 2.14. The molecule has 3 nitrogen and oxygen atoms in total. The topological polar surface area (TPSA) is 29.7 Å². The third-order valence-corrected chi connectivity index (χ3v) is 3.24. The fraction of sp³-hybridized carbons (Fsp3) is 0.0588. The summed E-state index contributed by atoms with van der Waals surface area (Å²) in [6.45, 7) is 0. The zero-order chi connectivity index (χ0) is 13.8. The first kappa shape index (κ1) is 12.4. The molecule has 1 heterocycles. The predicted octanol–water partition coefficient (Wildman–Crippen LogP) is 3.12. The van der Waals surface area contributed by atoms with Gasteiger partial charge in [-0.25, -0.2) is 4.98 Å². The second-order valence-corrected chi connectivity index (χ2v) is 4.58. The number of hydrogen-bond donors (Lipinski definition) is 0. The van der Waals surface area contributed by atoms with Gasteiger partial charge in [0, 0.05) is 24.7 Å². The Morgan fingerprint density at radius 2 is 1.70 bits per heavy atom. The molecule has 98 valence electrons. The molecule has 0 radical (unpaired) electrons. The summed E-state index contributed by atoms with van der Waals surface area (Å²) in [6.07, 6.45) is 3.83. The smallest absolute Gasteiger partial charge is 0.211 e. The van der Waals surface area contributed by atoms with Crippen LogP contribution in [0.5, 0.6) is 0 Å². The Balaban J connectivity index is 1.91. The van der Waals surface area contributed by atoms with Gasteiger partial charge in [0.05, 0.1) is 17.3 Å². The Kier molecular flexibility index (Phi) is 3.42. The molecule has 0 saturated heterocycles. The van der Waals surface area contributed by atoms with Crippen LogP contribution in [0.1, 0.15) is 5.56 Å². The van der Waals surface area contributed by atoms with Gasteiger partial charge in [-0.3, -0.25) is 5.01 Å². The zero-order valence-electron chi connectivity index (χ0n) is 11.3. The van der Waals surface area contributed by atoms with E-state index in [4.69, 9.17) is 0 Å². The van der Waals surface area contributed by atoms with Crippen LogP contribution in [-0.4, -0.2) is 13.3 Å². The van der Waals surface area contributed by atoms with Gasteiger partial charge in [0.25, 0.3) is 0 Å². The molecule has 3 rings (SSSR count). The van der Waals surface area contributed by atoms with Crippen LogP contribution >= 0.6 is 0 Å². The van der Waals surface area contributed by atoms with Crippen molar-refractivity contribution in [3.63, 3.8) is 0 Å². The lowest BCUT2D eigenvalue weighted by atomic mass is 10.1. The second kappa shape index (κ2) is 5.53. The van der Waals surface area contributed by atoms with E-state index in [1.807, 2.05) is 73.0 Å². The van der Waals surface area contributed by atoms with Gasteiger partial charge in [-0.05, 0) is 18.2 Å². The number of aromatic amines is 1. The van der Waals surface area contributed by atoms with Crippen molar-refractivity contribution in [3.05, 3.63) is 72.4 Å². The highest BCUT2D eigenvalue weighted by Gasteiger charge is 2.03. The van der Waals surface area contributed by atoms with Gasteiger partial charge in [0.2, 0.25) is 5.52 Å². The van der Waals surface area contributed by atoms with Gasteiger partial charge >= 0.3 is 0 Å². The summed E-state index contributed by atoms with van der Waals surface area (Å²) in [5.74, 6) is 0. The van der Waals surface area contributed by atoms with E-state index < -0.39 is 0 Å². The van der Waals surface area contributed by atoms with Crippen LogP contribution in [0.4, 0.5) is 5.69 Å². The average Bonchev–Trinajstić information content (AvgIpc) is 2.53. The Labute approximate surface area is 118 Å². The lowest BCUT2D eigenvalue weighted by Crippen LogP contribution is -2.09. The maximum absolute atomic E-state index is 4.51. The fourth-order valence-electron chi connectivity index (χ4n) is 2.14. The lowest BCUT2D eigenvalue weighted by Gasteiger charge is -2.12. The number of pyridine rings is 1. The van der Waals surface area contributed by atoms with Crippen LogP contribution in [0.2, 0.25) is 0 Å². The van der Waals surface area contributed by atoms with Crippen molar-refractivity contribution in [1.29, 1.82) is 0 Å². The molecular weight excluding hydrogens is 246 g/mol. The monoisotopic (exact) mass is 262 g/mol. The van der Waals surface area contributed by atoms with Gasteiger partial charge in [0.15, 0.2) is 6.20 Å². The van der Waals surface area contributed by atoms with Crippen molar-refractivity contribution in [1.82, 2.24) is 0 Å². The predicted molar refractivity (Wildman–Crippen MR) is 82.9 cm³/mol. The van der Waals surface area contributed by atoms with Crippen molar-refractivity contribution in [2.75, 3.05) is 12.1 Å². The van der Waals surface area contributed by atoms with Crippen LogP contribution in [-0.2, 0) is 0 Å². The largest absolute Gasteiger partial charge is 0.269 e. The summed E-state index contributed by atoms with van der Waals surface area (Å²) < 4.78 is 0. The van der Waals surface area contributed by atoms with Gasteiger partial charge in [-0.15, -0.1) is 0 Å². The number of nitrogens with one attached hydrogen (secondary N) is 1. The lowest BCUT2D eigenvalue weighted by molar-refractivity contribution is -0.344. The molecule has 0 atom stereocenters. The molecule has 0 fully saturated rings. The van der Waals surface area contributed by atoms with Crippen molar-refractivity contribution >= 4 is 22.8 Å². The molecule has 1 aromatic heterocycles. The normalized spacial score (nSPS) is 11.1. The molecule has 0 amide bonds. The third kappa shape index (κ3) is 2.52. The Hall–Kier alpha value is -2.68. The minimum Gasteiger partial charge on any atom is -0.269 e. The minimum atomic E-state index is 1.07. The van der Waals surface area contributed by atoms with Crippen molar-refractivity contribution in [2.24, 2.45) is 5.10 Å². The van der Waals surface area contributed by atoms with E-state index in [2.05, 4.69) is 22.2 Å². The minimum absolute atomic E-state index is 1.07. The molecule has 0 aliphatic carbocycles. The number of aromatic nitrogens is 1. The number of para-hydroxylation sites is 2. The number of hydrogen-bond acceptors (Lipinski definition) is 2. The molecule has 1 N–H and O–H groups in total. The number of nitrogens with zero attached hydrogens (tertiary/aromatic N) is 2. The molecular formula is C17H16N3+. The number of H-pyrrole nitrogens is 1. The Bertz CT molecular complexity index is 730. The first-order valence-electron chi connectivity index (χ1n) is 6.57. The van der Waals surface area contributed by atoms with Crippen LogP contribution in [0, 0.1) is 0 Å². The van der Waals surface area contributed by atoms with Crippen LogP contribution in [0.25, 0.3) is 10.9 Å². The van der Waals surface area contributed by atoms with E-state index in [0.717, 1.165) is 16.8 Å². The van der Waals surface area contributed by atoms with E-state index >= 15 is 0 Å². The molecule has 0 saturated carbocycles. The molecule has 0 aliphatic heterocycles. The zero-order valence-corrected chi connectivity index (χ0v) is 11.3. The van der Waals surface area contributed by atoms with E-state index in [0.29, 0.717) is 0 Å². The quantitative estimate of drug-likeness (QED) is 0.527. The van der Waals surface area contributed by atoms with Crippen molar-refractivity contribution < 1.29 is 4.98 Å². The number of benzene rings is 2. The number of rotatable bonds is 3. The van der Waals surface area contributed by atoms with Gasteiger partial charge in [-0.2, -0.15) is 5.10 Å². The van der Waals surface area contributed by atoms with Crippen LogP contribution < -0.4 is 9.99 Å². The van der Waals surface area contributed by atoms with Gasteiger partial charge < -0.3 is 0 Å². The molecule has 0 aliphatic rings. The Morgan fingerprint density at radius 3 is 2.55 bits per heavy atom. The fourth-order valence-corrected chi connectivity index (χ4v) is 2.14. The number of hydrazone groups is 1. The Morgan fingerprint density at radius 1 is 0.950 bits per heavy atom. The second-order valence-electron chi connectivity index (χ2n) is 4.58. The SMILES string of the molecule is CN(/N=C/c1cc[nH+]c2ccccc12)c1ccccc1. The summed E-state index contributed by atoms with van der Waals surface area (Å²) in [4.78, 5) is 3.24. The van der Waals surface area contributed by atoms with E-state index in [1.165, 1.54) is 5.39 Å². The molecule has 0 unspecified atom stereocenters. The van der Waals surface area contributed by atoms with Gasteiger partial charge in [0.1, 0.15) is 0 Å². The summed E-state index contributed by atoms with van der Waals surface area (Å²) in [5.41, 5.74) is 3.27. The van der Waals surface area contributed by atoms with Crippen LogP contribution in [0.3, 0.4) is 0 Å². The standard InChI is InChI=1S/C17H15N3/c1-20(15-7-3-2-4-8-15)19-13-14-11-12-18-17-10-6-5-9-16(14)17/h2-13H,1H3/p+1/b19-13+. The maximum atomic E-state index is 4.51. The highest BCUT2D eigenvalue weighted by molar-refractivity contribution is 5.96. The molecule has 3 aromatic rings. The number of fused-ring (bicyclic) bond motifs is 1. The van der Waals surface area contributed by atoms with Crippen molar-refractivity contribution in [3.8, 4) is 0 Å². The first-order valence-corrected chi connectivity index (χ1v) is 6.57. The van der Waals surface area contributed by atoms with E-state index in [1.54, 1.807) is 0 Å². The summed E-state index contributed by atoms with van der Waals surface area (Å²) in [5, 5.41) is 7.54. The summed E-state index contributed by atoms with van der Waals surface area (Å²) in [7, 11) is 1.95. The molecule has 0 bridgehead atoms. The average molecular weight is 262 g/mol. The first-order chi connectivity index (χ1) is 9.84. The van der Waals surface area contributed by atoms with Gasteiger partial charge in [-0.1, -0.05) is 30.3 Å². The molecule has 20 heavy (non-hydrogen) atoms. The van der Waals surface area contributed by atoms with E-state index in [9.17, 15) is 0 Å². The maximum Gasteiger partial charge on any atom is 0.211 e. The summed E-state index contributed by atoms with van der Waals surface area (Å²) in [6, 6.07) is 20.3. The highest BCUT2D eigenvalue weighted by atomic mass is 15.4.